The summed E-state index contributed by atoms with van der Waals surface area (Å²) in [6, 6.07) is 99.6. The molecule has 346 valence electrons. The molecule has 0 N–H and O–H groups in total. The molecule has 0 aliphatic rings. The second-order valence-electron chi connectivity index (χ2n) is 18.4. The van der Waals surface area contributed by atoms with Gasteiger partial charge in [0.05, 0.1) is 0 Å². The molecule has 10 aromatic rings. The molecule has 0 saturated carbocycles. The summed E-state index contributed by atoms with van der Waals surface area (Å²) >= 11 is 0. The van der Waals surface area contributed by atoms with Crippen molar-refractivity contribution in [3.05, 3.63) is 304 Å². The van der Waals surface area contributed by atoms with Crippen LogP contribution in [0.1, 0.15) is 38.5 Å². The van der Waals surface area contributed by atoms with Gasteiger partial charge in [-0.15, -0.1) is 0 Å². The van der Waals surface area contributed by atoms with E-state index in [2.05, 4.69) is 313 Å². The van der Waals surface area contributed by atoms with Crippen LogP contribution in [0.25, 0.3) is 0 Å². The van der Waals surface area contributed by atoms with Crippen LogP contribution in [0.3, 0.4) is 0 Å². The highest BCUT2D eigenvalue weighted by Crippen LogP contribution is 2.11. The first-order valence-corrected chi connectivity index (χ1v) is 25.4. The van der Waals surface area contributed by atoms with Crippen molar-refractivity contribution < 1.29 is 9.13 Å². The molecule has 70 heavy (non-hydrogen) atoms. The molecule has 8 aromatic carbocycles. The van der Waals surface area contributed by atoms with Crippen molar-refractivity contribution in [1.82, 2.24) is 0 Å². The Morgan fingerprint density at radius 3 is 0.529 bits per heavy atom. The van der Waals surface area contributed by atoms with Gasteiger partial charge in [-0.25, -0.2) is 9.13 Å². The van der Waals surface area contributed by atoms with E-state index in [0.29, 0.717) is 0 Å². The highest BCUT2D eigenvalue weighted by molar-refractivity contribution is 7.20. The first-order chi connectivity index (χ1) is 34.8. The van der Waals surface area contributed by atoms with Crippen LogP contribution in [-0.2, 0) is 13.1 Å². The van der Waals surface area contributed by atoms with Crippen molar-refractivity contribution in [3.8, 4) is 0 Å². The SMILES string of the molecule is c1cc[n+](CCCCCCCC[n+]2ccccc2)cc1.c1ccc([B-](c2ccccc2)(c2ccccc2)c2ccccc2)cc1.c1ccc([B-](c2ccccc2)(c2ccccc2)c2ccccc2)cc1. The van der Waals surface area contributed by atoms with Gasteiger partial charge < -0.3 is 0 Å². The number of nitrogens with zero attached hydrogens (tertiary/aromatic N) is 2. The maximum absolute atomic E-state index is 2.27. The zero-order chi connectivity index (χ0) is 47.8. The summed E-state index contributed by atoms with van der Waals surface area (Å²) < 4.78 is 4.54. The Morgan fingerprint density at radius 2 is 0.343 bits per heavy atom. The second kappa shape index (κ2) is 26.1. The minimum absolute atomic E-state index is 1.15. The van der Waals surface area contributed by atoms with E-state index in [1.54, 1.807) is 0 Å². The summed E-state index contributed by atoms with van der Waals surface area (Å²) in [5.74, 6) is 0. The molecule has 0 amide bonds. The number of hydrogen-bond donors (Lipinski definition) is 0. The molecule has 4 heteroatoms. The molecule has 0 fully saturated rings. The van der Waals surface area contributed by atoms with Gasteiger partial charge in [0, 0.05) is 37.1 Å². The largest absolute Gasteiger partial charge is 0.205 e. The lowest BCUT2D eigenvalue weighted by Crippen LogP contribution is -2.74. The number of benzene rings is 8. The van der Waals surface area contributed by atoms with Crippen LogP contribution in [0, 0.1) is 0 Å². The first-order valence-electron chi connectivity index (χ1n) is 25.4. The Hall–Kier alpha value is -7.81. The van der Waals surface area contributed by atoms with Crippen LogP contribution in [-0.4, -0.2) is 12.3 Å². The lowest BCUT2D eigenvalue weighted by atomic mass is 9.13. The Morgan fingerprint density at radius 1 is 0.186 bits per heavy atom. The van der Waals surface area contributed by atoms with E-state index >= 15 is 0 Å². The van der Waals surface area contributed by atoms with Crippen LogP contribution < -0.4 is 52.8 Å². The Labute approximate surface area is 418 Å². The van der Waals surface area contributed by atoms with Crippen LogP contribution in [0.15, 0.2) is 304 Å². The molecular formula is C66H66B2N2. The van der Waals surface area contributed by atoms with Gasteiger partial charge in [-0.05, 0) is 12.8 Å². The van der Waals surface area contributed by atoms with Gasteiger partial charge in [-0.1, -0.05) is 268 Å². The lowest BCUT2D eigenvalue weighted by Gasteiger charge is -2.44. The maximum Gasteiger partial charge on any atom is 0.168 e. The van der Waals surface area contributed by atoms with Gasteiger partial charge in [0.2, 0.25) is 0 Å². The van der Waals surface area contributed by atoms with Crippen LogP contribution in [0.4, 0.5) is 0 Å². The average molecular weight is 909 g/mol. The van der Waals surface area contributed by atoms with Crippen molar-refractivity contribution in [2.75, 3.05) is 0 Å². The van der Waals surface area contributed by atoms with Gasteiger partial charge in [0.15, 0.2) is 24.8 Å². The molecule has 0 atom stereocenters. The quantitative estimate of drug-likeness (QED) is 0.0489. The number of aryl methyl sites for hydroxylation is 2. The molecule has 0 bridgehead atoms. The molecule has 0 unspecified atom stereocenters. The van der Waals surface area contributed by atoms with Gasteiger partial charge in [0.1, 0.15) is 25.4 Å². The highest BCUT2D eigenvalue weighted by Gasteiger charge is 2.32. The second-order valence-corrected chi connectivity index (χ2v) is 18.4. The molecule has 2 heterocycles. The summed E-state index contributed by atoms with van der Waals surface area (Å²) in [5.41, 5.74) is 10.7. The fourth-order valence-electron chi connectivity index (χ4n) is 10.7. The highest BCUT2D eigenvalue weighted by atomic mass is 14.9. The number of pyridine rings is 2. The summed E-state index contributed by atoms with van der Waals surface area (Å²) in [6.45, 7) is 2.31. The van der Waals surface area contributed by atoms with Crippen molar-refractivity contribution in [2.45, 2.75) is 51.6 Å². The number of aromatic nitrogens is 2. The van der Waals surface area contributed by atoms with E-state index in [0.717, 1.165) is 13.1 Å². The monoisotopic (exact) mass is 909 g/mol. The van der Waals surface area contributed by atoms with Gasteiger partial charge in [-0.2, -0.15) is 43.7 Å². The van der Waals surface area contributed by atoms with Gasteiger partial charge in [0.25, 0.3) is 0 Å². The van der Waals surface area contributed by atoms with Gasteiger partial charge in [-0.3, -0.25) is 0 Å². The van der Waals surface area contributed by atoms with Gasteiger partial charge >= 0.3 is 0 Å². The molecule has 0 radical (unpaired) electrons. The van der Waals surface area contributed by atoms with E-state index in [4.69, 9.17) is 0 Å². The van der Waals surface area contributed by atoms with Crippen LogP contribution in [0.5, 0.6) is 0 Å². The predicted molar refractivity (Wildman–Crippen MR) is 301 cm³/mol. The Balaban J connectivity index is 0.000000142. The topological polar surface area (TPSA) is 7.76 Å². The molecule has 0 aliphatic heterocycles. The fourth-order valence-corrected chi connectivity index (χ4v) is 10.7. The summed E-state index contributed by atoms with van der Waals surface area (Å²) in [5, 5.41) is 0. The molecule has 0 spiro atoms. The van der Waals surface area contributed by atoms with Crippen LogP contribution in [0.2, 0.25) is 0 Å². The summed E-state index contributed by atoms with van der Waals surface area (Å²) in [7, 11) is 0. The third-order valence-electron chi connectivity index (χ3n) is 14.0. The normalized spacial score (nSPS) is 11.0. The van der Waals surface area contributed by atoms with Crippen molar-refractivity contribution >= 4 is 56.0 Å². The third-order valence-corrected chi connectivity index (χ3v) is 14.0. The lowest BCUT2D eigenvalue weighted by molar-refractivity contribution is -0.697. The van der Waals surface area contributed by atoms with Crippen molar-refractivity contribution in [1.29, 1.82) is 0 Å². The molecule has 0 aliphatic carbocycles. The Bertz CT molecular complexity index is 2400. The Kier molecular flexibility index (Phi) is 18.1. The molecule has 0 saturated heterocycles. The predicted octanol–water partition coefficient (Wildman–Crippen LogP) is 9.43. The molecule has 2 nitrogen and oxygen atoms in total. The summed E-state index contributed by atoms with van der Waals surface area (Å²) in [4.78, 5) is 0. The number of rotatable bonds is 17. The minimum atomic E-state index is -1.22. The number of hydrogen-bond acceptors (Lipinski definition) is 0. The van der Waals surface area contributed by atoms with Crippen molar-refractivity contribution in [2.24, 2.45) is 0 Å². The van der Waals surface area contributed by atoms with E-state index in [1.165, 1.54) is 82.2 Å². The smallest absolute Gasteiger partial charge is 0.168 e. The molecule has 2 aromatic heterocycles. The third kappa shape index (κ3) is 12.3. The summed E-state index contributed by atoms with van der Waals surface area (Å²) in [6.07, 6.45) is 14.2. The minimum Gasteiger partial charge on any atom is -0.205 e. The maximum atomic E-state index is 2.27. The van der Waals surface area contributed by atoms with E-state index < -0.39 is 12.3 Å². The van der Waals surface area contributed by atoms with E-state index in [9.17, 15) is 0 Å². The zero-order valence-corrected chi connectivity index (χ0v) is 40.6. The zero-order valence-electron chi connectivity index (χ0n) is 40.6. The van der Waals surface area contributed by atoms with E-state index in [-0.39, 0.29) is 0 Å². The standard InChI is InChI=1S/2C24H20B.C18H26N2/c2*1-5-13-21(14-6-1)25(22-15-7-2-8-16-22,23-17-9-3-10-18-23)24-19-11-4-12-20-24;1(3-7-13-19-15-9-5-10-16-19)2-4-8-14-20-17-11-6-12-18-20/h2*1-20H;5-6,9-12,15-18H,1-4,7-8,13-14H2/q2*-1;+2. The van der Waals surface area contributed by atoms with Crippen molar-refractivity contribution in [3.63, 3.8) is 0 Å². The number of unbranched alkanes of at least 4 members (excludes halogenated alkanes) is 5. The molecule has 10 rings (SSSR count). The average Bonchev–Trinajstić information content (AvgIpc) is 3.45. The molecular weight excluding hydrogens is 842 g/mol. The first kappa shape index (κ1) is 48.6. The fraction of sp³-hybridized carbons (Fsp3) is 0.121. The van der Waals surface area contributed by atoms with Crippen LogP contribution >= 0.6 is 0 Å². The van der Waals surface area contributed by atoms with E-state index in [1.807, 2.05) is 0 Å².